The molecule has 0 spiro atoms. The van der Waals surface area contributed by atoms with Gasteiger partial charge in [0.05, 0.1) is 0 Å². The zero-order chi connectivity index (χ0) is 16.6. The second-order valence-corrected chi connectivity index (χ2v) is 6.15. The van der Waals surface area contributed by atoms with Gasteiger partial charge in [0, 0.05) is 35.5 Å². The molecule has 4 nitrogen and oxygen atoms in total. The Balaban J connectivity index is 1.47. The SMILES string of the molecule is O=C(/C=C/c1cccs1)NCCc1cnc(-c2ccccc2)nc1. The first-order valence-corrected chi connectivity index (χ1v) is 8.55. The molecule has 0 saturated carbocycles. The second-order valence-electron chi connectivity index (χ2n) is 5.17. The van der Waals surface area contributed by atoms with Crippen LogP contribution in [0.3, 0.4) is 0 Å². The predicted molar refractivity (Wildman–Crippen MR) is 97.5 cm³/mol. The number of carbonyl (C=O) groups is 1. The minimum Gasteiger partial charge on any atom is -0.352 e. The summed E-state index contributed by atoms with van der Waals surface area (Å²) in [5, 5.41) is 4.85. The van der Waals surface area contributed by atoms with Gasteiger partial charge in [-0.3, -0.25) is 4.79 Å². The lowest BCUT2D eigenvalue weighted by Gasteiger charge is -2.04. The standard InChI is InChI=1S/C19H17N3OS/c23-18(9-8-17-7-4-12-24-17)20-11-10-15-13-21-19(22-14-15)16-5-2-1-3-6-16/h1-9,12-14H,10-11H2,(H,20,23)/b9-8+. The molecule has 0 aliphatic heterocycles. The van der Waals surface area contributed by atoms with E-state index in [1.807, 2.05) is 66.3 Å². The number of hydrogen-bond donors (Lipinski definition) is 1. The van der Waals surface area contributed by atoms with E-state index < -0.39 is 0 Å². The summed E-state index contributed by atoms with van der Waals surface area (Å²) in [5.41, 5.74) is 1.99. The summed E-state index contributed by atoms with van der Waals surface area (Å²) in [4.78, 5) is 21.6. The Kier molecular flexibility index (Phi) is 5.48. The van der Waals surface area contributed by atoms with E-state index in [4.69, 9.17) is 0 Å². The van der Waals surface area contributed by atoms with Gasteiger partial charge >= 0.3 is 0 Å². The molecular formula is C19H17N3OS. The highest BCUT2D eigenvalue weighted by molar-refractivity contribution is 7.10. The molecule has 3 rings (SSSR count). The first-order valence-electron chi connectivity index (χ1n) is 7.67. The summed E-state index contributed by atoms with van der Waals surface area (Å²) in [7, 11) is 0. The molecule has 0 unspecified atom stereocenters. The van der Waals surface area contributed by atoms with Gasteiger partial charge in [-0.05, 0) is 29.5 Å². The first-order chi connectivity index (χ1) is 11.8. The van der Waals surface area contributed by atoms with Gasteiger partial charge in [-0.15, -0.1) is 11.3 Å². The van der Waals surface area contributed by atoms with Crippen LogP contribution in [0.1, 0.15) is 10.4 Å². The van der Waals surface area contributed by atoms with Crippen LogP contribution in [0.2, 0.25) is 0 Å². The largest absolute Gasteiger partial charge is 0.352 e. The molecular weight excluding hydrogens is 318 g/mol. The third kappa shape index (κ3) is 4.60. The fraction of sp³-hybridized carbons (Fsp3) is 0.105. The molecule has 1 aromatic carbocycles. The lowest BCUT2D eigenvalue weighted by atomic mass is 10.2. The van der Waals surface area contributed by atoms with E-state index in [2.05, 4.69) is 15.3 Å². The maximum Gasteiger partial charge on any atom is 0.244 e. The molecule has 5 heteroatoms. The first kappa shape index (κ1) is 16.1. The number of nitrogens with one attached hydrogen (secondary N) is 1. The Morgan fingerprint density at radius 1 is 1.08 bits per heavy atom. The van der Waals surface area contributed by atoms with E-state index in [-0.39, 0.29) is 5.91 Å². The molecule has 1 N–H and O–H groups in total. The van der Waals surface area contributed by atoms with Crippen molar-refractivity contribution in [1.82, 2.24) is 15.3 Å². The van der Waals surface area contributed by atoms with Crippen LogP contribution in [0.25, 0.3) is 17.5 Å². The van der Waals surface area contributed by atoms with Crippen molar-refractivity contribution in [2.75, 3.05) is 6.54 Å². The number of thiophene rings is 1. The van der Waals surface area contributed by atoms with Crippen LogP contribution in [0.5, 0.6) is 0 Å². The van der Waals surface area contributed by atoms with E-state index >= 15 is 0 Å². The highest BCUT2D eigenvalue weighted by Gasteiger charge is 2.01. The summed E-state index contributed by atoms with van der Waals surface area (Å²) in [6, 6.07) is 13.8. The zero-order valence-electron chi connectivity index (χ0n) is 13.1. The second kappa shape index (κ2) is 8.17. The Morgan fingerprint density at radius 3 is 2.58 bits per heavy atom. The molecule has 0 radical (unpaired) electrons. The molecule has 0 aliphatic rings. The van der Waals surface area contributed by atoms with E-state index in [1.165, 1.54) is 0 Å². The van der Waals surface area contributed by atoms with Gasteiger partial charge in [-0.2, -0.15) is 0 Å². The Labute approximate surface area is 144 Å². The van der Waals surface area contributed by atoms with Crippen molar-refractivity contribution < 1.29 is 4.79 Å². The highest BCUT2D eigenvalue weighted by atomic mass is 32.1. The molecule has 0 atom stereocenters. The summed E-state index contributed by atoms with van der Waals surface area (Å²) < 4.78 is 0. The Morgan fingerprint density at radius 2 is 1.88 bits per heavy atom. The molecule has 0 aliphatic carbocycles. The van der Waals surface area contributed by atoms with Gasteiger partial charge in [0.2, 0.25) is 5.91 Å². The number of amides is 1. The normalized spacial score (nSPS) is 10.8. The lowest BCUT2D eigenvalue weighted by molar-refractivity contribution is -0.116. The molecule has 2 aromatic heterocycles. The van der Waals surface area contributed by atoms with Gasteiger partial charge in [0.1, 0.15) is 0 Å². The lowest BCUT2D eigenvalue weighted by Crippen LogP contribution is -2.23. The number of nitrogens with zero attached hydrogens (tertiary/aromatic N) is 2. The Hall–Kier alpha value is -2.79. The monoisotopic (exact) mass is 335 g/mol. The van der Waals surface area contributed by atoms with E-state index in [9.17, 15) is 4.79 Å². The molecule has 0 saturated heterocycles. The van der Waals surface area contributed by atoms with Crippen molar-refractivity contribution in [2.24, 2.45) is 0 Å². The van der Waals surface area contributed by atoms with Gasteiger partial charge in [0.15, 0.2) is 5.82 Å². The predicted octanol–water partition coefficient (Wildman–Crippen LogP) is 3.58. The number of benzene rings is 1. The number of rotatable bonds is 6. The number of hydrogen-bond acceptors (Lipinski definition) is 4. The summed E-state index contributed by atoms with van der Waals surface area (Å²) in [5.74, 6) is 0.618. The molecule has 0 fully saturated rings. The van der Waals surface area contributed by atoms with Crippen LogP contribution < -0.4 is 5.32 Å². The molecule has 3 aromatic rings. The van der Waals surface area contributed by atoms with Crippen molar-refractivity contribution in [3.05, 3.63) is 76.8 Å². The van der Waals surface area contributed by atoms with Crippen molar-refractivity contribution >= 4 is 23.3 Å². The fourth-order valence-corrected chi connectivity index (χ4v) is 2.77. The minimum absolute atomic E-state index is 0.0924. The molecule has 2 heterocycles. The van der Waals surface area contributed by atoms with E-state index in [1.54, 1.807) is 17.4 Å². The van der Waals surface area contributed by atoms with Gasteiger partial charge in [-0.1, -0.05) is 36.4 Å². The fourth-order valence-electron chi connectivity index (χ4n) is 2.15. The van der Waals surface area contributed by atoms with E-state index in [0.29, 0.717) is 18.8 Å². The Bertz CT molecular complexity index is 796. The molecule has 120 valence electrons. The molecule has 1 amide bonds. The third-order valence-electron chi connectivity index (χ3n) is 3.39. The topological polar surface area (TPSA) is 54.9 Å². The molecule has 24 heavy (non-hydrogen) atoms. The van der Waals surface area contributed by atoms with Gasteiger partial charge in [0.25, 0.3) is 0 Å². The van der Waals surface area contributed by atoms with Crippen molar-refractivity contribution in [3.8, 4) is 11.4 Å². The van der Waals surface area contributed by atoms with Crippen molar-refractivity contribution in [1.29, 1.82) is 0 Å². The highest BCUT2D eigenvalue weighted by Crippen LogP contribution is 2.13. The zero-order valence-corrected chi connectivity index (χ0v) is 13.9. The van der Waals surface area contributed by atoms with Gasteiger partial charge in [-0.25, -0.2) is 9.97 Å². The maximum absolute atomic E-state index is 11.7. The van der Waals surface area contributed by atoms with Crippen LogP contribution >= 0.6 is 11.3 Å². The van der Waals surface area contributed by atoms with Crippen LogP contribution in [0.15, 0.2) is 66.3 Å². The smallest absolute Gasteiger partial charge is 0.244 e. The van der Waals surface area contributed by atoms with E-state index in [0.717, 1.165) is 16.0 Å². The van der Waals surface area contributed by atoms with Crippen LogP contribution in [0, 0.1) is 0 Å². The third-order valence-corrected chi connectivity index (χ3v) is 4.23. The van der Waals surface area contributed by atoms with Crippen LogP contribution in [0.4, 0.5) is 0 Å². The average Bonchev–Trinajstić information content (AvgIpc) is 3.15. The number of aromatic nitrogens is 2. The summed E-state index contributed by atoms with van der Waals surface area (Å²) in [6.07, 6.45) is 7.69. The van der Waals surface area contributed by atoms with Crippen LogP contribution in [-0.2, 0) is 11.2 Å². The summed E-state index contributed by atoms with van der Waals surface area (Å²) in [6.45, 7) is 0.557. The quantitative estimate of drug-likeness (QED) is 0.701. The molecule has 0 bridgehead atoms. The van der Waals surface area contributed by atoms with Gasteiger partial charge < -0.3 is 5.32 Å². The van der Waals surface area contributed by atoms with Crippen molar-refractivity contribution in [2.45, 2.75) is 6.42 Å². The minimum atomic E-state index is -0.0924. The van der Waals surface area contributed by atoms with Crippen molar-refractivity contribution in [3.63, 3.8) is 0 Å². The number of carbonyl (C=O) groups excluding carboxylic acids is 1. The van der Waals surface area contributed by atoms with Crippen LogP contribution in [-0.4, -0.2) is 22.4 Å². The summed E-state index contributed by atoms with van der Waals surface area (Å²) >= 11 is 1.60. The maximum atomic E-state index is 11.7. The average molecular weight is 335 g/mol.